The van der Waals surface area contributed by atoms with Crippen molar-refractivity contribution in [1.82, 2.24) is 9.38 Å². The van der Waals surface area contributed by atoms with Crippen LogP contribution in [0.4, 0.5) is 23.4 Å². The summed E-state index contributed by atoms with van der Waals surface area (Å²) in [6, 6.07) is 11.3. The summed E-state index contributed by atoms with van der Waals surface area (Å²) >= 11 is 5.89. The minimum atomic E-state index is -4.56. The molecule has 0 spiro atoms. The second-order valence-corrected chi connectivity index (χ2v) is 7.51. The highest BCUT2D eigenvalue weighted by atomic mass is 35.5. The number of hydrogen-bond donors (Lipinski definition) is 1. The van der Waals surface area contributed by atoms with Crippen LogP contribution in [0.1, 0.15) is 32.7 Å². The lowest BCUT2D eigenvalue weighted by molar-refractivity contribution is -0.137. The highest BCUT2D eigenvalue weighted by molar-refractivity contribution is 6.33. The highest BCUT2D eigenvalue weighted by Crippen LogP contribution is 2.32. The number of carbonyl (C=O) groups excluding carboxylic acids is 1. The van der Waals surface area contributed by atoms with Gasteiger partial charge in [-0.15, -0.1) is 0 Å². The molecular weight excluding hydrogens is 460 g/mol. The van der Waals surface area contributed by atoms with Crippen molar-refractivity contribution in [3.8, 4) is 0 Å². The molecule has 0 radical (unpaired) electrons. The maximum Gasteiger partial charge on any atom is 0.417 e. The minimum Gasteiger partial charge on any atom is -0.313 e. The summed E-state index contributed by atoms with van der Waals surface area (Å²) in [5.41, 5.74) is 4.17. The predicted molar refractivity (Wildman–Crippen MR) is 117 cm³/mol. The number of alkyl halides is 3. The number of benzene rings is 1. The lowest BCUT2D eigenvalue weighted by atomic mass is 10.0. The summed E-state index contributed by atoms with van der Waals surface area (Å²) in [4.78, 5) is 16.8. The number of nitrogens with zero attached hydrogens (tertiary/aromatic N) is 3. The van der Waals surface area contributed by atoms with E-state index in [4.69, 9.17) is 11.6 Å². The van der Waals surface area contributed by atoms with Gasteiger partial charge in [-0.3, -0.25) is 10.2 Å². The zero-order valence-electron chi connectivity index (χ0n) is 17.0. The standard InChI is InChI=1S/C23H15ClF4N4O/c1-13-17(12-30-31-22-18(24)10-15(11-29-22)23(26,27)28)19-4-2-3-9-32(19)20(13)21(33)14-5-7-16(25)8-6-14/h2-12H,1H3,(H,29,31)/b30-12-. The number of ketones is 1. The van der Waals surface area contributed by atoms with E-state index in [1.54, 1.807) is 35.7 Å². The first-order chi connectivity index (χ1) is 15.7. The Morgan fingerprint density at radius 2 is 1.91 bits per heavy atom. The van der Waals surface area contributed by atoms with Gasteiger partial charge < -0.3 is 4.40 Å². The van der Waals surface area contributed by atoms with Gasteiger partial charge >= 0.3 is 6.18 Å². The molecule has 0 fully saturated rings. The number of fused-ring (bicyclic) bond motifs is 1. The molecule has 3 aromatic heterocycles. The lowest BCUT2D eigenvalue weighted by Gasteiger charge is -2.08. The van der Waals surface area contributed by atoms with Gasteiger partial charge in [-0.2, -0.15) is 18.3 Å². The third kappa shape index (κ3) is 4.45. The molecule has 168 valence electrons. The molecule has 0 saturated carbocycles. The monoisotopic (exact) mass is 474 g/mol. The fourth-order valence-corrected chi connectivity index (χ4v) is 3.58. The van der Waals surface area contributed by atoms with Crippen molar-refractivity contribution < 1.29 is 22.4 Å². The molecule has 4 rings (SSSR count). The quantitative estimate of drug-likeness (QED) is 0.164. The second kappa shape index (κ2) is 8.67. The average molecular weight is 475 g/mol. The van der Waals surface area contributed by atoms with Crippen LogP contribution in [-0.4, -0.2) is 21.4 Å². The summed E-state index contributed by atoms with van der Waals surface area (Å²) in [6.07, 6.45) is -0.753. The minimum absolute atomic E-state index is 0.0512. The summed E-state index contributed by atoms with van der Waals surface area (Å²) in [5.74, 6) is -0.795. The van der Waals surface area contributed by atoms with Gasteiger partial charge in [-0.05, 0) is 55.0 Å². The molecular formula is C23H15ClF4N4O. The van der Waals surface area contributed by atoms with Gasteiger partial charge in [-0.1, -0.05) is 17.7 Å². The number of aromatic nitrogens is 2. The zero-order valence-corrected chi connectivity index (χ0v) is 17.7. The molecule has 4 aromatic rings. The molecule has 33 heavy (non-hydrogen) atoms. The van der Waals surface area contributed by atoms with E-state index in [0.29, 0.717) is 34.1 Å². The molecule has 0 bridgehead atoms. The normalized spacial score (nSPS) is 11.9. The van der Waals surface area contributed by atoms with Crippen molar-refractivity contribution in [3.63, 3.8) is 0 Å². The highest BCUT2D eigenvalue weighted by Gasteiger charge is 2.31. The first-order valence-corrected chi connectivity index (χ1v) is 9.96. The van der Waals surface area contributed by atoms with Crippen LogP contribution in [0.15, 0.2) is 66.0 Å². The molecule has 0 aliphatic heterocycles. The first-order valence-electron chi connectivity index (χ1n) is 9.58. The number of rotatable bonds is 5. The third-order valence-electron chi connectivity index (χ3n) is 4.99. The number of anilines is 1. The van der Waals surface area contributed by atoms with Crippen LogP contribution in [-0.2, 0) is 6.18 Å². The van der Waals surface area contributed by atoms with Crippen LogP contribution in [0.2, 0.25) is 5.02 Å². The van der Waals surface area contributed by atoms with E-state index in [1.807, 2.05) is 0 Å². The Labute approximate surface area is 190 Å². The summed E-state index contributed by atoms with van der Waals surface area (Å²) in [6.45, 7) is 1.74. The Morgan fingerprint density at radius 1 is 1.18 bits per heavy atom. The Balaban J connectivity index is 1.68. The van der Waals surface area contributed by atoms with E-state index in [9.17, 15) is 22.4 Å². The predicted octanol–water partition coefficient (Wildman–Crippen LogP) is 6.13. The topological polar surface area (TPSA) is 58.8 Å². The van der Waals surface area contributed by atoms with Crippen molar-refractivity contribution >= 4 is 34.9 Å². The summed E-state index contributed by atoms with van der Waals surface area (Å²) in [5, 5.41) is 3.81. The first kappa shape index (κ1) is 22.5. The molecule has 0 saturated heterocycles. The van der Waals surface area contributed by atoms with E-state index in [0.717, 1.165) is 6.07 Å². The van der Waals surface area contributed by atoms with Gasteiger partial charge in [0.1, 0.15) is 5.82 Å². The van der Waals surface area contributed by atoms with Gasteiger partial charge in [0.2, 0.25) is 5.78 Å². The zero-order chi connectivity index (χ0) is 23.8. The molecule has 0 amide bonds. The molecule has 0 aliphatic carbocycles. The van der Waals surface area contributed by atoms with Crippen LogP contribution >= 0.6 is 11.6 Å². The van der Waals surface area contributed by atoms with E-state index in [1.165, 1.54) is 30.5 Å². The molecule has 10 heteroatoms. The van der Waals surface area contributed by atoms with Crippen molar-refractivity contribution in [2.45, 2.75) is 13.1 Å². The number of carbonyl (C=O) groups is 1. The fraction of sp³-hybridized carbons (Fsp3) is 0.0870. The van der Waals surface area contributed by atoms with Gasteiger partial charge in [0, 0.05) is 23.5 Å². The molecule has 1 N–H and O–H groups in total. The van der Waals surface area contributed by atoms with E-state index >= 15 is 0 Å². The second-order valence-electron chi connectivity index (χ2n) is 7.10. The Bertz CT molecular complexity index is 1380. The number of pyridine rings is 2. The summed E-state index contributed by atoms with van der Waals surface area (Å²) in [7, 11) is 0. The molecule has 0 unspecified atom stereocenters. The van der Waals surface area contributed by atoms with Crippen LogP contribution in [0, 0.1) is 12.7 Å². The Hall–Kier alpha value is -3.72. The van der Waals surface area contributed by atoms with E-state index < -0.39 is 17.6 Å². The van der Waals surface area contributed by atoms with Crippen LogP contribution in [0.3, 0.4) is 0 Å². The Morgan fingerprint density at radius 3 is 2.58 bits per heavy atom. The SMILES string of the molecule is Cc1c(/C=N\Nc2ncc(C(F)(F)F)cc2Cl)c2ccccn2c1C(=O)c1ccc(F)cc1. The fourth-order valence-electron chi connectivity index (χ4n) is 3.37. The van der Waals surface area contributed by atoms with Crippen LogP contribution < -0.4 is 5.43 Å². The van der Waals surface area contributed by atoms with Crippen LogP contribution in [0.25, 0.3) is 5.52 Å². The van der Waals surface area contributed by atoms with Crippen LogP contribution in [0.5, 0.6) is 0 Å². The van der Waals surface area contributed by atoms with Crippen molar-refractivity contribution in [1.29, 1.82) is 0 Å². The van der Waals surface area contributed by atoms with Crippen molar-refractivity contribution in [2.75, 3.05) is 5.43 Å². The van der Waals surface area contributed by atoms with Crippen molar-refractivity contribution in [2.24, 2.45) is 5.10 Å². The van der Waals surface area contributed by atoms with Gasteiger partial charge in [0.25, 0.3) is 0 Å². The summed E-state index contributed by atoms with van der Waals surface area (Å²) < 4.78 is 53.3. The van der Waals surface area contributed by atoms with Gasteiger partial charge in [-0.25, -0.2) is 9.37 Å². The largest absolute Gasteiger partial charge is 0.417 e. The number of hydrazone groups is 1. The van der Waals surface area contributed by atoms with Gasteiger partial charge in [0.05, 0.1) is 28.0 Å². The van der Waals surface area contributed by atoms with E-state index in [-0.39, 0.29) is 16.6 Å². The molecule has 5 nitrogen and oxygen atoms in total. The maximum absolute atomic E-state index is 13.3. The molecule has 0 aliphatic rings. The molecule has 3 heterocycles. The third-order valence-corrected chi connectivity index (χ3v) is 5.28. The number of hydrogen-bond acceptors (Lipinski definition) is 4. The average Bonchev–Trinajstić information content (AvgIpc) is 3.05. The number of halogens is 5. The smallest absolute Gasteiger partial charge is 0.313 e. The van der Waals surface area contributed by atoms with Crippen molar-refractivity contribution in [3.05, 3.63) is 99.7 Å². The molecule has 0 atom stereocenters. The maximum atomic E-state index is 13.3. The molecule has 1 aromatic carbocycles. The van der Waals surface area contributed by atoms with Gasteiger partial charge in [0.15, 0.2) is 5.82 Å². The Kier molecular flexibility index (Phi) is 5.90. The number of nitrogens with one attached hydrogen (secondary N) is 1. The van der Waals surface area contributed by atoms with E-state index in [2.05, 4.69) is 15.5 Å². The lowest BCUT2D eigenvalue weighted by Crippen LogP contribution is -2.07.